The lowest BCUT2D eigenvalue weighted by molar-refractivity contribution is -0.115. The number of fused-ring (bicyclic) bond motifs is 1. The highest BCUT2D eigenvalue weighted by molar-refractivity contribution is 6.30. The number of nitrogens with one attached hydrogen (secondary N) is 1. The van der Waals surface area contributed by atoms with Crippen molar-refractivity contribution in [2.45, 2.75) is 13.3 Å². The van der Waals surface area contributed by atoms with E-state index in [2.05, 4.69) is 5.32 Å². The van der Waals surface area contributed by atoms with Crippen LogP contribution in [0.1, 0.15) is 32.0 Å². The molecule has 7 nitrogen and oxygen atoms in total. The maximum absolute atomic E-state index is 13.4. The number of hydrogen-bond acceptors (Lipinski definition) is 5. The van der Waals surface area contributed by atoms with Crippen LogP contribution in [0.3, 0.4) is 0 Å². The Bertz CT molecular complexity index is 1420. The molecule has 0 aliphatic carbocycles. The summed E-state index contributed by atoms with van der Waals surface area (Å²) in [5.74, 6) is -0.321. The molecule has 0 fully saturated rings. The summed E-state index contributed by atoms with van der Waals surface area (Å²) in [6.45, 7) is 1.81. The molecule has 1 N–H and O–H groups in total. The number of halogens is 1. The first-order valence-electron chi connectivity index (χ1n) is 10.8. The first kappa shape index (κ1) is 24.0. The highest BCUT2D eigenvalue weighted by Gasteiger charge is 2.22. The van der Waals surface area contributed by atoms with Gasteiger partial charge in [0.2, 0.25) is 5.91 Å². The van der Waals surface area contributed by atoms with Crippen LogP contribution in [-0.2, 0) is 16.0 Å². The number of aromatic nitrogens is 1. The van der Waals surface area contributed by atoms with Gasteiger partial charge in [-0.3, -0.25) is 14.2 Å². The molecule has 0 aliphatic rings. The Labute approximate surface area is 207 Å². The molecule has 178 valence electrons. The average Bonchev–Trinajstić information content (AvgIpc) is 3.14. The summed E-state index contributed by atoms with van der Waals surface area (Å²) >= 11 is 5.98. The van der Waals surface area contributed by atoms with Crippen molar-refractivity contribution >= 4 is 46.0 Å². The number of anilines is 1. The highest BCUT2D eigenvalue weighted by atomic mass is 35.5. The van der Waals surface area contributed by atoms with Crippen LogP contribution in [0.15, 0.2) is 66.7 Å². The maximum atomic E-state index is 13.4. The minimum absolute atomic E-state index is 0.0369. The van der Waals surface area contributed by atoms with Gasteiger partial charge in [0.05, 0.1) is 31.7 Å². The third-order valence-electron chi connectivity index (χ3n) is 5.76. The molecule has 35 heavy (non-hydrogen) atoms. The van der Waals surface area contributed by atoms with Gasteiger partial charge in [-0.05, 0) is 79.2 Å². The number of carbonyl (C=O) groups excluding carboxylic acids is 3. The van der Waals surface area contributed by atoms with Crippen molar-refractivity contribution in [2.24, 2.45) is 0 Å². The number of esters is 1. The number of benzene rings is 3. The minimum atomic E-state index is -0.453. The number of carbonyl (C=O) groups is 3. The standard InChI is InChI=1S/C27H23ClN2O5/c1-16-22(15-25(31)29-20-10-6-18(7-11-20)27(33)35-3)23-14-21(34-2)12-13-24(23)30(16)26(32)17-4-8-19(28)9-5-17/h4-14H,15H2,1-3H3,(H,29,31). The van der Waals surface area contributed by atoms with E-state index in [1.165, 1.54) is 7.11 Å². The van der Waals surface area contributed by atoms with Crippen molar-refractivity contribution < 1.29 is 23.9 Å². The second-order valence-corrected chi connectivity index (χ2v) is 8.32. The Morgan fingerprint density at radius 2 is 1.57 bits per heavy atom. The van der Waals surface area contributed by atoms with Crippen LogP contribution < -0.4 is 10.1 Å². The van der Waals surface area contributed by atoms with Crippen molar-refractivity contribution in [1.29, 1.82) is 0 Å². The predicted molar refractivity (Wildman–Crippen MR) is 135 cm³/mol. The lowest BCUT2D eigenvalue weighted by Gasteiger charge is -2.09. The third-order valence-corrected chi connectivity index (χ3v) is 6.02. The molecule has 0 bridgehead atoms. The van der Waals surface area contributed by atoms with Gasteiger partial charge in [-0.1, -0.05) is 11.6 Å². The SMILES string of the molecule is COC(=O)c1ccc(NC(=O)Cc2c(C)n(C(=O)c3ccc(Cl)cc3)c3ccc(OC)cc23)cc1. The predicted octanol–water partition coefficient (Wildman–Crippen LogP) is 5.27. The number of amides is 1. The van der Waals surface area contributed by atoms with E-state index in [4.69, 9.17) is 21.1 Å². The van der Waals surface area contributed by atoms with Crippen LogP contribution in [0.25, 0.3) is 10.9 Å². The van der Waals surface area contributed by atoms with Crippen molar-refractivity contribution in [3.05, 3.63) is 94.1 Å². The monoisotopic (exact) mass is 490 g/mol. The number of hydrogen-bond donors (Lipinski definition) is 1. The van der Waals surface area contributed by atoms with Crippen molar-refractivity contribution in [2.75, 3.05) is 19.5 Å². The van der Waals surface area contributed by atoms with Crippen LogP contribution in [0.5, 0.6) is 5.75 Å². The Morgan fingerprint density at radius 3 is 2.20 bits per heavy atom. The van der Waals surface area contributed by atoms with Crippen LogP contribution in [0.4, 0.5) is 5.69 Å². The van der Waals surface area contributed by atoms with E-state index in [-0.39, 0.29) is 18.2 Å². The summed E-state index contributed by atoms with van der Waals surface area (Å²) in [5.41, 5.74) is 3.45. The van der Waals surface area contributed by atoms with Gasteiger partial charge in [0.1, 0.15) is 5.75 Å². The van der Waals surface area contributed by atoms with E-state index >= 15 is 0 Å². The topological polar surface area (TPSA) is 86.6 Å². The number of ether oxygens (including phenoxy) is 2. The van der Waals surface area contributed by atoms with Gasteiger partial charge in [0, 0.05) is 27.4 Å². The summed E-state index contributed by atoms with van der Waals surface area (Å²) in [4.78, 5) is 38.0. The Morgan fingerprint density at radius 1 is 0.914 bits per heavy atom. The molecule has 0 atom stereocenters. The summed E-state index contributed by atoms with van der Waals surface area (Å²) in [7, 11) is 2.87. The molecule has 0 spiro atoms. The van der Waals surface area contributed by atoms with Gasteiger partial charge in [-0.25, -0.2) is 4.79 Å². The zero-order valence-electron chi connectivity index (χ0n) is 19.4. The second kappa shape index (κ2) is 10.0. The van der Waals surface area contributed by atoms with Crippen molar-refractivity contribution in [3.8, 4) is 5.75 Å². The molecule has 0 saturated heterocycles. The quantitative estimate of drug-likeness (QED) is 0.372. The zero-order chi connectivity index (χ0) is 25.1. The van der Waals surface area contributed by atoms with E-state index in [1.807, 2.05) is 19.1 Å². The third kappa shape index (κ3) is 4.90. The lowest BCUT2D eigenvalue weighted by atomic mass is 10.1. The molecule has 1 amide bonds. The second-order valence-electron chi connectivity index (χ2n) is 7.89. The molecule has 1 heterocycles. The summed E-state index contributed by atoms with van der Waals surface area (Å²) in [6, 6.07) is 18.5. The molecule has 0 aliphatic heterocycles. The molecule has 4 aromatic rings. The highest BCUT2D eigenvalue weighted by Crippen LogP contribution is 2.31. The van der Waals surface area contributed by atoms with E-state index in [9.17, 15) is 14.4 Å². The van der Waals surface area contributed by atoms with Crippen molar-refractivity contribution in [1.82, 2.24) is 4.57 Å². The molecular formula is C27H23ClN2O5. The Balaban J connectivity index is 1.68. The minimum Gasteiger partial charge on any atom is -0.497 e. The molecule has 4 rings (SSSR count). The fourth-order valence-electron chi connectivity index (χ4n) is 3.97. The summed E-state index contributed by atoms with van der Waals surface area (Å²) in [5, 5.41) is 4.13. The zero-order valence-corrected chi connectivity index (χ0v) is 20.2. The van der Waals surface area contributed by atoms with Gasteiger partial charge in [0.15, 0.2) is 0 Å². The smallest absolute Gasteiger partial charge is 0.337 e. The van der Waals surface area contributed by atoms with E-state index in [0.29, 0.717) is 44.4 Å². The molecular weight excluding hydrogens is 468 g/mol. The normalized spacial score (nSPS) is 10.7. The van der Waals surface area contributed by atoms with E-state index in [0.717, 1.165) is 5.39 Å². The summed E-state index contributed by atoms with van der Waals surface area (Å²) < 4.78 is 11.7. The molecule has 1 aromatic heterocycles. The summed E-state index contributed by atoms with van der Waals surface area (Å²) in [6.07, 6.45) is 0.0369. The molecule has 8 heteroatoms. The van der Waals surface area contributed by atoms with E-state index in [1.54, 1.807) is 66.3 Å². The molecule has 0 radical (unpaired) electrons. The van der Waals surface area contributed by atoms with Gasteiger partial charge in [-0.2, -0.15) is 0 Å². The van der Waals surface area contributed by atoms with Crippen LogP contribution in [-0.4, -0.2) is 36.6 Å². The Kier molecular flexibility index (Phi) is 6.89. The van der Waals surface area contributed by atoms with Crippen LogP contribution in [0.2, 0.25) is 5.02 Å². The first-order valence-corrected chi connectivity index (χ1v) is 11.2. The number of rotatable bonds is 6. The van der Waals surface area contributed by atoms with Gasteiger partial charge < -0.3 is 14.8 Å². The lowest BCUT2D eigenvalue weighted by Crippen LogP contribution is -2.17. The Hall–Kier alpha value is -4.10. The largest absolute Gasteiger partial charge is 0.497 e. The maximum Gasteiger partial charge on any atom is 0.337 e. The van der Waals surface area contributed by atoms with Crippen molar-refractivity contribution in [3.63, 3.8) is 0 Å². The first-order chi connectivity index (χ1) is 16.8. The molecule has 0 saturated carbocycles. The van der Waals surface area contributed by atoms with Gasteiger partial charge >= 0.3 is 5.97 Å². The van der Waals surface area contributed by atoms with Crippen LogP contribution in [0, 0.1) is 6.92 Å². The molecule has 0 unspecified atom stereocenters. The average molecular weight is 491 g/mol. The number of nitrogens with zero attached hydrogens (tertiary/aromatic N) is 1. The fraction of sp³-hybridized carbons (Fsp3) is 0.148. The van der Waals surface area contributed by atoms with Gasteiger partial charge in [0.25, 0.3) is 5.91 Å². The van der Waals surface area contributed by atoms with Crippen LogP contribution >= 0.6 is 11.6 Å². The fourth-order valence-corrected chi connectivity index (χ4v) is 4.10. The van der Waals surface area contributed by atoms with E-state index < -0.39 is 5.97 Å². The van der Waals surface area contributed by atoms with Gasteiger partial charge in [-0.15, -0.1) is 0 Å². The molecule has 3 aromatic carbocycles. The number of methoxy groups -OCH3 is 2.